The maximum atomic E-state index is 6.73. The first-order valence-corrected chi connectivity index (χ1v) is 23.4. The predicted molar refractivity (Wildman–Crippen MR) is 278 cm³/mol. The van der Waals surface area contributed by atoms with Crippen molar-refractivity contribution in [2.75, 3.05) is 0 Å². The topological polar surface area (TPSA) is 65.0 Å². The average Bonchev–Trinajstić information content (AvgIpc) is 4.16. The molecule has 3 heterocycles. The Balaban J connectivity index is 0.952. The molecule has 0 fully saturated rings. The predicted octanol–water partition coefficient (Wildman–Crippen LogP) is 16.3. The number of furan rings is 2. The quantitative estimate of drug-likeness (QED) is 0.172. The number of nitrogens with zero attached hydrogens (tertiary/aromatic N) is 3. The molecular formula is C64H37N3O2. The molecule has 0 aliphatic heterocycles. The molecule has 10 aromatic carbocycles. The van der Waals surface area contributed by atoms with E-state index in [0.717, 1.165) is 77.3 Å². The Morgan fingerprint density at radius 3 is 1.52 bits per heavy atom. The molecule has 5 heteroatoms. The first-order chi connectivity index (χ1) is 34.2. The van der Waals surface area contributed by atoms with Gasteiger partial charge in [-0.25, -0.2) is 15.0 Å². The van der Waals surface area contributed by atoms with Gasteiger partial charge in [-0.15, -0.1) is 0 Å². The fourth-order valence-electron chi connectivity index (χ4n) is 11.7. The lowest BCUT2D eigenvalue weighted by Gasteiger charge is -2.32. The van der Waals surface area contributed by atoms with Gasteiger partial charge >= 0.3 is 0 Å². The monoisotopic (exact) mass is 879 g/mol. The second-order valence-electron chi connectivity index (χ2n) is 18.2. The number of fused-ring (bicyclic) bond motifs is 16. The molecular weight excluding hydrogens is 843 g/mol. The van der Waals surface area contributed by atoms with E-state index in [-0.39, 0.29) is 0 Å². The molecule has 0 unspecified atom stereocenters. The normalized spacial score (nSPS) is 13.0. The van der Waals surface area contributed by atoms with Crippen molar-refractivity contribution in [3.05, 3.63) is 247 Å². The first-order valence-electron chi connectivity index (χ1n) is 23.4. The van der Waals surface area contributed by atoms with Gasteiger partial charge in [-0.1, -0.05) is 176 Å². The molecule has 0 saturated carbocycles. The van der Waals surface area contributed by atoms with E-state index < -0.39 is 5.41 Å². The van der Waals surface area contributed by atoms with Crippen molar-refractivity contribution in [2.24, 2.45) is 0 Å². The van der Waals surface area contributed by atoms with Gasteiger partial charge in [0.15, 0.2) is 17.5 Å². The van der Waals surface area contributed by atoms with Gasteiger partial charge in [0.25, 0.3) is 0 Å². The summed E-state index contributed by atoms with van der Waals surface area (Å²) in [5.41, 5.74) is 20.2. The van der Waals surface area contributed by atoms with Crippen LogP contribution in [0, 0.1) is 0 Å². The summed E-state index contributed by atoms with van der Waals surface area (Å²) in [7, 11) is 0. The molecule has 13 aromatic rings. The van der Waals surface area contributed by atoms with E-state index in [1.165, 1.54) is 50.1 Å². The zero-order valence-corrected chi connectivity index (χ0v) is 37.0. The standard InChI is InChI=1S/C64H37N3O2/c1-2-15-38(16-3-1)39-17-12-18-41(35-39)61-65-62(42-32-34-56-50(37-42)47-22-7-11-29-55(47)68-56)67-63(66-61)49-25-14-30-58-59(49)51-36-40(31-33-57(51)69-58)43-23-13-24-48-46-21-6-10-28-54(46)64(60(43)48)52-26-8-4-19-44(52)45-20-5-9-27-53(45)64/h1-37H. The summed E-state index contributed by atoms with van der Waals surface area (Å²) in [6, 6.07) is 79.8. The van der Waals surface area contributed by atoms with E-state index in [2.05, 4.69) is 176 Å². The Morgan fingerprint density at radius 1 is 0.275 bits per heavy atom. The molecule has 2 aliphatic carbocycles. The third-order valence-corrected chi connectivity index (χ3v) is 14.6. The Kier molecular flexibility index (Phi) is 7.93. The SMILES string of the molecule is c1ccc(-c2cccc(-c3nc(-c4ccc5oc6ccccc6c5c4)nc(-c4cccc5oc6ccc(-c7cccc8c7C7(c9ccccc9-c9ccccc97)c7ccccc7-8)cc6c45)n3)c2)cc1. The summed E-state index contributed by atoms with van der Waals surface area (Å²) in [5, 5.41) is 4.00. The van der Waals surface area contributed by atoms with Gasteiger partial charge in [0.2, 0.25) is 0 Å². The average molecular weight is 880 g/mol. The zero-order chi connectivity index (χ0) is 45.2. The Bertz CT molecular complexity index is 4210. The lowest BCUT2D eigenvalue weighted by Crippen LogP contribution is -2.26. The maximum Gasteiger partial charge on any atom is 0.164 e. The molecule has 0 amide bonds. The van der Waals surface area contributed by atoms with E-state index in [0.29, 0.717) is 17.5 Å². The minimum Gasteiger partial charge on any atom is -0.456 e. The van der Waals surface area contributed by atoms with Crippen LogP contribution >= 0.6 is 0 Å². The molecule has 15 rings (SSSR count). The van der Waals surface area contributed by atoms with Crippen LogP contribution in [0.15, 0.2) is 233 Å². The minimum absolute atomic E-state index is 0.491. The zero-order valence-electron chi connectivity index (χ0n) is 37.0. The van der Waals surface area contributed by atoms with Gasteiger partial charge in [0, 0.05) is 38.2 Å². The molecule has 69 heavy (non-hydrogen) atoms. The Labute approximate surface area is 396 Å². The van der Waals surface area contributed by atoms with Gasteiger partial charge < -0.3 is 8.83 Å². The maximum absolute atomic E-state index is 6.73. The number of rotatable bonds is 5. The summed E-state index contributed by atoms with van der Waals surface area (Å²) in [5.74, 6) is 1.71. The second-order valence-corrected chi connectivity index (χ2v) is 18.2. The lowest BCUT2D eigenvalue weighted by atomic mass is 9.68. The highest BCUT2D eigenvalue weighted by atomic mass is 16.3. The molecule has 0 N–H and O–H groups in total. The van der Waals surface area contributed by atoms with Crippen molar-refractivity contribution < 1.29 is 8.83 Å². The number of hydrogen-bond donors (Lipinski definition) is 0. The van der Waals surface area contributed by atoms with E-state index in [1.54, 1.807) is 0 Å². The van der Waals surface area contributed by atoms with Gasteiger partial charge in [-0.2, -0.15) is 0 Å². The van der Waals surface area contributed by atoms with Crippen LogP contribution < -0.4 is 0 Å². The van der Waals surface area contributed by atoms with E-state index in [4.69, 9.17) is 23.8 Å². The summed E-state index contributed by atoms with van der Waals surface area (Å²) in [4.78, 5) is 15.9. The third-order valence-electron chi connectivity index (χ3n) is 14.6. The third kappa shape index (κ3) is 5.44. The van der Waals surface area contributed by atoms with E-state index in [1.807, 2.05) is 48.5 Å². The Morgan fingerprint density at radius 2 is 0.754 bits per heavy atom. The molecule has 0 bridgehead atoms. The summed E-state index contributed by atoms with van der Waals surface area (Å²) in [6.45, 7) is 0. The summed E-state index contributed by atoms with van der Waals surface area (Å²) in [6.07, 6.45) is 0. The number of benzene rings is 10. The fourth-order valence-corrected chi connectivity index (χ4v) is 11.7. The van der Waals surface area contributed by atoms with Crippen molar-refractivity contribution in [1.29, 1.82) is 0 Å². The molecule has 2 aliphatic rings. The van der Waals surface area contributed by atoms with Crippen LogP contribution in [0.5, 0.6) is 0 Å². The smallest absolute Gasteiger partial charge is 0.164 e. The van der Waals surface area contributed by atoms with E-state index >= 15 is 0 Å². The van der Waals surface area contributed by atoms with Crippen LogP contribution in [0.2, 0.25) is 0 Å². The lowest BCUT2D eigenvalue weighted by molar-refractivity contribution is 0.668. The van der Waals surface area contributed by atoms with E-state index in [9.17, 15) is 0 Å². The fraction of sp³-hybridized carbons (Fsp3) is 0.0156. The minimum atomic E-state index is -0.491. The number of para-hydroxylation sites is 1. The van der Waals surface area contributed by atoms with Gasteiger partial charge in [0.1, 0.15) is 22.3 Å². The summed E-state index contributed by atoms with van der Waals surface area (Å²) >= 11 is 0. The van der Waals surface area contributed by atoms with Crippen LogP contribution in [0.25, 0.3) is 123 Å². The number of aromatic nitrogens is 3. The first kappa shape index (κ1) is 38.0. The van der Waals surface area contributed by atoms with Crippen LogP contribution in [0.4, 0.5) is 0 Å². The number of hydrogen-bond acceptors (Lipinski definition) is 5. The molecule has 5 nitrogen and oxygen atoms in total. The molecule has 320 valence electrons. The molecule has 3 aromatic heterocycles. The highest BCUT2D eigenvalue weighted by molar-refractivity contribution is 6.13. The molecule has 0 radical (unpaired) electrons. The highest BCUT2D eigenvalue weighted by Gasteiger charge is 2.52. The van der Waals surface area contributed by atoms with Gasteiger partial charge in [0.05, 0.1) is 5.41 Å². The molecule has 1 spiro atoms. The largest absolute Gasteiger partial charge is 0.456 e. The van der Waals surface area contributed by atoms with Crippen molar-refractivity contribution >= 4 is 43.9 Å². The molecule has 0 saturated heterocycles. The van der Waals surface area contributed by atoms with Gasteiger partial charge in [-0.05, 0) is 115 Å². The van der Waals surface area contributed by atoms with Crippen molar-refractivity contribution in [2.45, 2.75) is 5.41 Å². The van der Waals surface area contributed by atoms with Gasteiger partial charge in [-0.3, -0.25) is 0 Å². The highest BCUT2D eigenvalue weighted by Crippen LogP contribution is 2.64. The second kappa shape index (κ2) is 14.4. The van der Waals surface area contributed by atoms with Crippen LogP contribution in [0.3, 0.4) is 0 Å². The van der Waals surface area contributed by atoms with Crippen LogP contribution in [0.1, 0.15) is 22.3 Å². The Hall–Kier alpha value is -9.19. The van der Waals surface area contributed by atoms with Crippen LogP contribution in [-0.2, 0) is 5.41 Å². The van der Waals surface area contributed by atoms with Crippen molar-refractivity contribution in [3.8, 4) is 78.7 Å². The molecule has 0 atom stereocenters. The van der Waals surface area contributed by atoms with Crippen molar-refractivity contribution in [1.82, 2.24) is 15.0 Å². The van der Waals surface area contributed by atoms with Crippen LogP contribution in [-0.4, -0.2) is 15.0 Å². The summed E-state index contributed by atoms with van der Waals surface area (Å²) < 4.78 is 13.0. The van der Waals surface area contributed by atoms with Crippen molar-refractivity contribution in [3.63, 3.8) is 0 Å².